The van der Waals surface area contributed by atoms with Gasteiger partial charge in [-0.05, 0) is 91.3 Å². The second-order valence-corrected chi connectivity index (χ2v) is 12.0. The summed E-state index contributed by atoms with van der Waals surface area (Å²) in [7, 11) is 0. The number of fused-ring (bicyclic) bond motifs is 5. The zero-order valence-corrected chi connectivity index (χ0v) is 19.0. The lowest BCUT2D eigenvalue weighted by molar-refractivity contribution is 0.0195. The van der Waals surface area contributed by atoms with Crippen LogP contribution in [-0.2, 0) is 0 Å². The van der Waals surface area contributed by atoms with Crippen LogP contribution in [0.3, 0.4) is 0 Å². The van der Waals surface area contributed by atoms with E-state index in [9.17, 15) is 0 Å². The predicted octanol–water partition coefficient (Wildman–Crippen LogP) is 8.42. The van der Waals surface area contributed by atoms with Gasteiger partial charge in [0, 0.05) is 0 Å². The highest BCUT2D eigenvalue weighted by Gasteiger charge is 2.57. The lowest BCUT2D eigenvalue weighted by Gasteiger charge is -2.56. The van der Waals surface area contributed by atoms with Crippen molar-refractivity contribution in [3.63, 3.8) is 0 Å². The van der Waals surface area contributed by atoms with Crippen LogP contribution < -0.4 is 0 Å². The standard InChI is InChI=1S/C27H46/c1-19(2)9-8-10-20(3)23-14-15-24-22-13-12-21-11-6-7-17-26(21,4)25(22)16-18-27(23,24)5/h16,19-24H,6-15,17-18H2,1-5H3/t20-,21-,22+,23-,24+,26+,27-/m1/s1. The molecule has 0 bridgehead atoms. The van der Waals surface area contributed by atoms with Crippen LogP contribution in [-0.4, -0.2) is 0 Å². The summed E-state index contributed by atoms with van der Waals surface area (Å²) >= 11 is 0. The largest absolute Gasteiger partial charge is 0.0839 e. The molecule has 7 atom stereocenters. The van der Waals surface area contributed by atoms with Gasteiger partial charge in [0.1, 0.15) is 0 Å². The zero-order chi connectivity index (χ0) is 19.2. The summed E-state index contributed by atoms with van der Waals surface area (Å²) in [5, 5.41) is 0. The van der Waals surface area contributed by atoms with Gasteiger partial charge in [0.15, 0.2) is 0 Å². The summed E-state index contributed by atoms with van der Waals surface area (Å²) in [4.78, 5) is 0. The van der Waals surface area contributed by atoms with Crippen molar-refractivity contribution in [3.05, 3.63) is 11.6 Å². The van der Waals surface area contributed by atoms with Crippen LogP contribution in [0.2, 0.25) is 0 Å². The van der Waals surface area contributed by atoms with Crippen LogP contribution in [0, 0.1) is 46.3 Å². The molecule has 0 aromatic heterocycles. The van der Waals surface area contributed by atoms with Gasteiger partial charge in [-0.25, -0.2) is 0 Å². The van der Waals surface area contributed by atoms with Gasteiger partial charge in [0.25, 0.3) is 0 Å². The number of rotatable bonds is 5. The van der Waals surface area contributed by atoms with Crippen molar-refractivity contribution in [1.29, 1.82) is 0 Å². The van der Waals surface area contributed by atoms with Crippen molar-refractivity contribution in [2.75, 3.05) is 0 Å². The molecular weight excluding hydrogens is 324 g/mol. The minimum Gasteiger partial charge on any atom is -0.0839 e. The van der Waals surface area contributed by atoms with Crippen LogP contribution >= 0.6 is 0 Å². The molecule has 0 aromatic rings. The smallest absolute Gasteiger partial charge is 0.00853 e. The van der Waals surface area contributed by atoms with E-state index in [0.717, 1.165) is 35.5 Å². The van der Waals surface area contributed by atoms with Gasteiger partial charge in [0.05, 0.1) is 0 Å². The molecular formula is C27H46. The van der Waals surface area contributed by atoms with E-state index in [1.807, 2.05) is 5.57 Å². The second-order valence-electron chi connectivity index (χ2n) is 12.0. The fraction of sp³-hybridized carbons (Fsp3) is 0.926. The fourth-order valence-corrected chi connectivity index (χ4v) is 8.58. The summed E-state index contributed by atoms with van der Waals surface area (Å²) in [5.74, 6) is 5.71. The third-order valence-electron chi connectivity index (χ3n) is 10.1. The first kappa shape index (κ1) is 20.0. The van der Waals surface area contributed by atoms with Crippen LogP contribution in [0.1, 0.15) is 112 Å². The van der Waals surface area contributed by atoms with E-state index in [1.165, 1.54) is 77.0 Å². The second kappa shape index (κ2) is 7.53. The van der Waals surface area contributed by atoms with Crippen molar-refractivity contribution >= 4 is 0 Å². The molecule has 0 saturated heterocycles. The van der Waals surface area contributed by atoms with E-state index in [1.54, 1.807) is 0 Å². The predicted molar refractivity (Wildman–Crippen MR) is 118 cm³/mol. The maximum Gasteiger partial charge on any atom is -0.00853 e. The van der Waals surface area contributed by atoms with Crippen molar-refractivity contribution < 1.29 is 0 Å². The quantitative estimate of drug-likeness (QED) is 0.426. The zero-order valence-electron chi connectivity index (χ0n) is 19.0. The van der Waals surface area contributed by atoms with E-state index in [0.29, 0.717) is 10.8 Å². The molecule has 0 aliphatic heterocycles. The third kappa shape index (κ3) is 3.36. The Bertz CT molecular complexity index is 556. The van der Waals surface area contributed by atoms with Crippen molar-refractivity contribution in [3.8, 4) is 0 Å². The van der Waals surface area contributed by atoms with Gasteiger partial charge >= 0.3 is 0 Å². The van der Waals surface area contributed by atoms with Crippen molar-refractivity contribution in [1.82, 2.24) is 0 Å². The minimum absolute atomic E-state index is 0.573. The van der Waals surface area contributed by atoms with Crippen LogP contribution in [0.15, 0.2) is 11.6 Å². The summed E-state index contributed by atoms with van der Waals surface area (Å²) in [6, 6.07) is 0. The molecule has 0 unspecified atom stereocenters. The SMILES string of the molecule is CC(C)CCC[C@@H](C)[C@H]1CC[C@H]2[C@@H]3CC[C@H]4CCCC[C@]4(C)C3=CC[C@]12C. The average molecular weight is 371 g/mol. The maximum atomic E-state index is 2.82. The highest BCUT2D eigenvalue weighted by atomic mass is 14.6. The monoisotopic (exact) mass is 370 g/mol. The molecule has 3 saturated carbocycles. The van der Waals surface area contributed by atoms with Gasteiger partial charge in [0.2, 0.25) is 0 Å². The van der Waals surface area contributed by atoms with Gasteiger partial charge in [-0.3, -0.25) is 0 Å². The molecule has 0 heteroatoms. The molecule has 0 aromatic carbocycles. The van der Waals surface area contributed by atoms with Crippen LogP contribution in [0.25, 0.3) is 0 Å². The van der Waals surface area contributed by atoms with E-state index >= 15 is 0 Å². The molecule has 4 aliphatic carbocycles. The summed E-state index contributed by atoms with van der Waals surface area (Å²) in [5.41, 5.74) is 3.13. The lowest BCUT2D eigenvalue weighted by atomic mass is 9.48. The molecule has 3 fully saturated rings. The van der Waals surface area contributed by atoms with Crippen LogP contribution in [0.4, 0.5) is 0 Å². The highest BCUT2D eigenvalue weighted by molar-refractivity contribution is 5.28. The minimum atomic E-state index is 0.573. The van der Waals surface area contributed by atoms with E-state index < -0.39 is 0 Å². The topological polar surface area (TPSA) is 0 Å². The van der Waals surface area contributed by atoms with Crippen molar-refractivity contribution in [2.45, 2.75) is 112 Å². The van der Waals surface area contributed by atoms with Gasteiger partial charge < -0.3 is 0 Å². The van der Waals surface area contributed by atoms with Crippen molar-refractivity contribution in [2.24, 2.45) is 46.3 Å². The molecule has 4 rings (SSSR count). The first-order valence-electron chi connectivity index (χ1n) is 12.6. The number of hydrogen-bond acceptors (Lipinski definition) is 0. The number of allylic oxidation sites excluding steroid dienone is 2. The summed E-state index contributed by atoms with van der Waals surface area (Å²) in [6.45, 7) is 12.7. The first-order valence-corrected chi connectivity index (χ1v) is 12.6. The molecule has 0 radical (unpaired) electrons. The molecule has 0 spiro atoms. The Labute approximate surface area is 170 Å². The Morgan fingerprint density at radius 3 is 2.56 bits per heavy atom. The lowest BCUT2D eigenvalue weighted by Crippen LogP contribution is -2.47. The molecule has 27 heavy (non-hydrogen) atoms. The first-order chi connectivity index (χ1) is 12.9. The Balaban J connectivity index is 1.51. The van der Waals surface area contributed by atoms with Crippen LogP contribution in [0.5, 0.6) is 0 Å². The molecule has 0 amide bonds. The van der Waals surface area contributed by atoms with E-state index in [4.69, 9.17) is 0 Å². The molecule has 0 nitrogen and oxygen atoms in total. The molecule has 154 valence electrons. The summed E-state index contributed by atoms with van der Waals surface area (Å²) < 4.78 is 0. The molecule has 0 heterocycles. The average Bonchev–Trinajstić information content (AvgIpc) is 2.98. The van der Waals surface area contributed by atoms with E-state index in [2.05, 4.69) is 40.7 Å². The maximum absolute atomic E-state index is 2.82. The Morgan fingerprint density at radius 1 is 0.963 bits per heavy atom. The van der Waals surface area contributed by atoms with Gasteiger partial charge in [-0.1, -0.05) is 78.4 Å². The molecule has 0 N–H and O–H groups in total. The van der Waals surface area contributed by atoms with Gasteiger partial charge in [-0.2, -0.15) is 0 Å². The normalized spacial score (nSPS) is 45.0. The fourth-order valence-electron chi connectivity index (χ4n) is 8.58. The molecule has 4 aliphatic rings. The Kier molecular flexibility index (Phi) is 5.59. The third-order valence-corrected chi connectivity index (χ3v) is 10.1. The summed E-state index contributed by atoms with van der Waals surface area (Å²) in [6.07, 6.45) is 20.6. The number of hydrogen-bond donors (Lipinski definition) is 0. The highest BCUT2D eigenvalue weighted by Crippen LogP contribution is 2.66. The van der Waals surface area contributed by atoms with Gasteiger partial charge in [-0.15, -0.1) is 0 Å². The van der Waals surface area contributed by atoms with E-state index in [-0.39, 0.29) is 0 Å². The Hall–Kier alpha value is -0.260. The Morgan fingerprint density at radius 2 is 1.78 bits per heavy atom.